The number of ether oxygens (including phenoxy) is 3. The first-order valence-corrected chi connectivity index (χ1v) is 9.30. The molecule has 1 heterocycles. The predicted octanol–water partition coefficient (Wildman–Crippen LogP) is 2.82. The van der Waals surface area contributed by atoms with Crippen molar-refractivity contribution < 1.29 is 14.2 Å². The van der Waals surface area contributed by atoms with Gasteiger partial charge in [-0.05, 0) is 30.5 Å². The maximum Gasteiger partial charge on any atom is 0.231 e. The fraction of sp³-hybridized carbons (Fsp3) is 0.632. The average Bonchev–Trinajstić information content (AvgIpc) is 2.95. The van der Waals surface area contributed by atoms with E-state index in [1.807, 2.05) is 18.2 Å². The van der Waals surface area contributed by atoms with Gasteiger partial charge in [0.1, 0.15) is 0 Å². The molecule has 0 aromatic heterocycles. The number of rotatable bonds is 6. The molecule has 0 saturated heterocycles. The lowest BCUT2D eigenvalue weighted by Crippen LogP contribution is -2.38. The monoisotopic (exact) mass is 347 g/mol. The lowest BCUT2D eigenvalue weighted by atomic mass is 10.1. The fourth-order valence-electron chi connectivity index (χ4n) is 3.26. The van der Waals surface area contributed by atoms with E-state index >= 15 is 0 Å². The van der Waals surface area contributed by atoms with Crippen molar-refractivity contribution in [3.63, 3.8) is 0 Å². The number of guanidine groups is 1. The van der Waals surface area contributed by atoms with Gasteiger partial charge < -0.3 is 24.8 Å². The summed E-state index contributed by atoms with van der Waals surface area (Å²) in [5.41, 5.74) is 1.13. The van der Waals surface area contributed by atoms with E-state index in [9.17, 15) is 0 Å². The third-order valence-electron chi connectivity index (χ3n) is 4.67. The molecule has 1 aliphatic carbocycles. The molecule has 2 N–H and O–H groups in total. The molecule has 0 atom stereocenters. The summed E-state index contributed by atoms with van der Waals surface area (Å²) in [6.07, 6.45) is 8.16. The van der Waals surface area contributed by atoms with Gasteiger partial charge in [-0.15, -0.1) is 0 Å². The highest BCUT2D eigenvalue weighted by Crippen LogP contribution is 2.32. The standard InChI is InChI=1S/C19H29N3O3/c1-20-19(21-10-11-23-16-6-4-2-3-5-7-16)22-13-15-8-9-17-18(12-15)25-14-24-17/h8-9,12,16H,2-7,10-11,13-14H2,1H3,(H2,20,21,22). The Morgan fingerprint density at radius 1 is 1.12 bits per heavy atom. The molecule has 0 bridgehead atoms. The molecule has 0 amide bonds. The van der Waals surface area contributed by atoms with Crippen molar-refractivity contribution in [3.05, 3.63) is 23.8 Å². The van der Waals surface area contributed by atoms with Gasteiger partial charge in [0.15, 0.2) is 17.5 Å². The Bertz CT molecular complexity index is 569. The smallest absolute Gasteiger partial charge is 0.231 e. The molecular weight excluding hydrogens is 318 g/mol. The molecule has 0 unspecified atom stereocenters. The maximum absolute atomic E-state index is 6.00. The Morgan fingerprint density at radius 3 is 2.72 bits per heavy atom. The molecule has 1 fully saturated rings. The van der Waals surface area contributed by atoms with E-state index in [0.717, 1.165) is 36.2 Å². The molecule has 1 aromatic rings. The first-order chi connectivity index (χ1) is 12.3. The summed E-state index contributed by atoms with van der Waals surface area (Å²) in [5, 5.41) is 6.62. The normalized spacial score (nSPS) is 18.0. The average molecular weight is 347 g/mol. The van der Waals surface area contributed by atoms with Crippen molar-refractivity contribution >= 4 is 5.96 Å². The van der Waals surface area contributed by atoms with Crippen LogP contribution in [-0.4, -0.2) is 39.1 Å². The van der Waals surface area contributed by atoms with E-state index in [1.54, 1.807) is 7.05 Å². The Morgan fingerprint density at radius 2 is 1.92 bits per heavy atom. The minimum Gasteiger partial charge on any atom is -0.454 e. The summed E-state index contributed by atoms with van der Waals surface area (Å²) in [6.45, 7) is 2.46. The van der Waals surface area contributed by atoms with E-state index < -0.39 is 0 Å². The lowest BCUT2D eigenvalue weighted by Gasteiger charge is -2.17. The molecule has 1 aliphatic heterocycles. The summed E-state index contributed by atoms with van der Waals surface area (Å²) in [4.78, 5) is 4.26. The Labute approximate surface area is 149 Å². The van der Waals surface area contributed by atoms with Crippen molar-refractivity contribution in [2.45, 2.75) is 51.2 Å². The molecule has 25 heavy (non-hydrogen) atoms. The number of benzene rings is 1. The second-order valence-electron chi connectivity index (χ2n) is 6.52. The van der Waals surface area contributed by atoms with E-state index in [1.165, 1.54) is 38.5 Å². The van der Waals surface area contributed by atoms with Gasteiger partial charge >= 0.3 is 0 Å². The highest BCUT2D eigenvalue weighted by molar-refractivity contribution is 5.79. The molecule has 1 saturated carbocycles. The Balaban J connectivity index is 1.35. The molecule has 1 aromatic carbocycles. The Hall–Kier alpha value is -1.95. The maximum atomic E-state index is 6.00. The minimum atomic E-state index is 0.302. The second-order valence-corrected chi connectivity index (χ2v) is 6.52. The molecule has 3 rings (SSSR count). The lowest BCUT2D eigenvalue weighted by molar-refractivity contribution is 0.0468. The van der Waals surface area contributed by atoms with Crippen molar-refractivity contribution in [1.82, 2.24) is 10.6 Å². The highest BCUT2D eigenvalue weighted by Gasteiger charge is 2.14. The first-order valence-electron chi connectivity index (χ1n) is 9.30. The van der Waals surface area contributed by atoms with Gasteiger partial charge in [-0.25, -0.2) is 0 Å². The van der Waals surface area contributed by atoms with Crippen LogP contribution in [0.5, 0.6) is 11.5 Å². The van der Waals surface area contributed by atoms with E-state index in [4.69, 9.17) is 14.2 Å². The summed E-state index contributed by atoms with van der Waals surface area (Å²) in [7, 11) is 1.78. The van der Waals surface area contributed by atoms with Crippen LogP contribution in [0, 0.1) is 0 Å². The molecule has 0 radical (unpaired) electrons. The quantitative estimate of drug-likeness (QED) is 0.359. The van der Waals surface area contributed by atoms with Gasteiger partial charge in [-0.2, -0.15) is 0 Å². The van der Waals surface area contributed by atoms with E-state index in [2.05, 4.69) is 15.6 Å². The van der Waals surface area contributed by atoms with Crippen molar-refractivity contribution in [3.8, 4) is 11.5 Å². The van der Waals surface area contributed by atoms with E-state index in [0.29, 0.717) is 19.4 Å². The zero-order valence-corrected chi connectivity index (χ0v) is 15.1. The van der Waals surface area contributed by atoms with Gasteiger partial charge in [0.2, 0.25) is 6.79 Å². The summed E-state index contributed by atoms with van der Waals surface area (Å²) < 4.78 is 16.7. The number of nitrogens with one attached hydrogen (secondary N) is 2. The van der Waals surface area contributed by atoms with Crippen LogP contribution in [0.3, 0.4) is 0 Å². The number of aliphatic imine (C=N–C) groups is 1. The SMILES string of the molecule is CN=C(NCCOC1CCCCCC1)NCc1ccc2c(c1)OCO2. The molecule has 0 spiro atoms. The Kier molecular flexibility index (Phi) is 6.79. The largest absolute Gasteiger partial charge is 0.454 e. The molecule has 138 valence electrons. The van der Waals surface area contributed by atoms with Crippen LogP contribution in [0.2, 0.25) is 0 Å². The summed E-state index contributed by atoms with van der Waals surface area (Å²) in [6, 6.07) is 5.97. The van der Waals surface area contributed by atoms with Gasteiger partial charge in [-0.3, -0.25) is 4.99 Å². The fourth-order valence-corrected chi connectivity index (χ4v) is 3.26. The molecule has 2 aliphatic rings. The van der Waals surface area contributed by atoms with E-state index in [-0.39, 0.29) is 0 Å². The van der Waals surface area contributed by atoms with Gasteiger partial charge in [0.05, 0.1) is 12.7 Å². The molecule has 6 nitrogen and oxygen atoms in total. The van der Waals surface area contributed by atoms with Crippen LogP contribution in [0.25, 0.3) is 0 Å². The van der Waals surface area contributed by atoms with Crippen LogP contribution in [0.1, 0.15) is 44.1 Å². The van der Waals surface area contributed by atoms with Gasteiger partial charge in [-0.1, -0.05) is 31.7 Å². The highest BCUT2D eigenvalue weighted by atomic mass is 16.7. The third-order valence-corrected chi connectivity index (χ3v) is 4.67. The zero-order chi connectivity index (χ0) is 17.3. The van der Waals surface area contributed by atoms with Crippen LogP contribution >= 0.6 is 0 Å². The van der Waals surface area contributed by atoms with Crippen molar-refractivity contribution in [2.75, 3.05) is 27.0 Å². The third kappa shape index (κ3) is 5.53. The molecular formula is C19H29N3O3. The summed E-state index contributed by atoms with van der Waals surface area (Å²) >= 11 is 0. The van der Waals surface area contributed by atoms with Crippen molar-refractivity contribution in [1.29, 1.82) is 0 Å². The zero-order valence-electron chi connectivity index (χ0n) is 15.1. The minimum absolute atomic E-state index is 0.302. The van der Waals surface area contributed by atoms with Gasteiger partial charge in [0.25, 0.3) is 0 Å². The number of hydrogen-bond acceptors (Lipinski definition) is 4. The predicted molar refractivity (Wildman–Crippen MR) is 98.2 cm³/mol. The second kappa shape index (κ2) is 9.51. The van der Waals surface area contributed by atoms with Gasteiger partial charge in [0, 0.05) is 20.1 Å². The van der Waals surface area contributed by atoms with Crippen LogP contribution in [0.4, 0.5) is 0 Å². The van der Waals surface area contributed by atoms with Crippen molar-refractivity contribution in [2.24, 2.45) is 4.99 Å². The number of nitrogens with zero attached hydrogens (tertiary/aromatic N) is 1. The topological polar surface area (TPSA) is 64.1 Å². The van der Waals surface area contributed by atoms with Crippen LogP contribution in [-0.2, 0) is 11.3 Å². The number of fused-ring (bicyclic) bond motifs is 1. The van der Waals surface area contributed by atoms with Crippen LogP contribution in [0.15, 0.2) is 23.2 Å². The first kappa shape index (κ1) is 17.9. The number of hydrogen-bond donors (Lipinski definition) is 2. The summed E-state index contributed by atoms with van der Waals surface area (Å²) in [5.74, 6) is 2.39. The van der Waals surface area contributed by atoms with Crippen LogP contribution < -0.4 is 20.1 Å². The molecule has 6 heteroatoms.